The second-order valence-electron chi connectivity index (χ2n) is 7.30. The average Bonchev–Trinajstić information content (AvgIpc) is 2.75. The van der Waals surface area contributed by atoms with Crippen molar-refractivity contribution >= 4 is 16.8 Å². The van der Waals surface area contributed by atoms with Gasteiger partial charge in [0.15, 0.2) is 0 Å². The van der Waals surface area contributed by atoms with Crippen molar-refractivity contribution < 1.29 is 9.18 Å². The van der Waals surface area contributed by atoms with Crippen LogP contribution in [0, 0.1) is 5.82 Å². The predicted octanol–water partition coefficient (Wildman–Crippen LogP) is 1.92. The van der Waals surface area contributed by atoms with E-state index >= 15 is 0 Å². The first-order chi connectivity index (χ1) is 14.1. The molecule has 0 saturated carbocycles. The van der Waals surface area contributed by atoms with Gasteiger partial charge in [-0.15, -0.1) is 0 Å². The highest BCUT2D eigenvalue weighted by molar-refractivity contribution is 5.79. The third-order valence-electron chi connectivity index (χ3n) is 5.38. The van der Waals surface area contributed by atoms with E-state index < -0.39 is 11.4 Å². The number of fused-ring (bicyclic) bond motifs is 1. The van der Waals surface area contributed by atoms with Crippen LogP contribution in [0.25, 0.3) is 10.9 Å². The van der Waals surface area contributed by atoms with Gasteiger partial charge in [0.2, 0.25) is 5.91 Å². The van der Waals surface area contributed by atoms with E-state index in [9.17, 15) is 14.0 Å². The van der Waals surface area contributed by atoms with E-state index in [0.29, 0.717) is 18.6 Å². The molecule has 1 aliphatic heterocycles. The van der Waals surface area contributed by atoms with Gasteiger partial charge in [0.25, 0.3) is 5.56 Å². The Morgan fingerprint density at radius 1 is 1.03 bits per heavy atom. The van der Waals surface area contributed by atoms with Crippen LogP contribution in [0.3, 0.4) is 0 Å². The minimum atomic E-state index is -0.493. The Labute approximate surface area is 168 Å². The number of hydrogen-bond acceptors (Lipinski definition) is 4. The zero-order valence-electron chi connectivity index (χ0n) is 16.1. The third kappa shape index (κ3) is 4.51. The van der Waals surface area contributed by atoms with E-state index in [2.05, 4.69) is 22.0 Å². The number of benzene rings is 2. The van der Waals surface area contributed by atoms with Gasteiger partial charge >= 0.3 is 0 Å². The van der Waals surface area contributed by atoms with Crippen LogP contribution in [0.1, 0.15) is 5.56 Å². The van der Waals surface area contributed by atoms with E-state index in [-0.39, 0.29) is 17.8 Å². The molecule has 6 nitrogen and oxygen atoms in total. The molecule has 0 spiro atoms. The molecule has 150 valence electrons. The van der Waals surface area contributed by atoms with Crippen molar-refractivity contribution in [3.05, 3.63) is 76.6 Å². The van der Waals surface area contributed by atoms with Crippen LogP contribution < -0.4 is 5.56 Å². The van der Waals surface area contributed by atoms with E-state index in [1.807, 2.05) is 18.2 Å². The number of hydrogen-bond donors (Lipinski definition) is 0. The van der Waals surface area contributed by atoms with Gasteiger partial charge in [-0.1, -0.05) is 30.3 Å². The number of nitrogens with zero attached hydrogens (tertiary/aromatic N) is 4. The molecule has 7 heteroatoms. The van der Waals surface area contributed by atoms with E-state index in [0.717, 1.165) is 32.1 Å². The van der Waals surface area contributed by atoms with Crippen molar-refractivity contribution in [1.29, 1.82) is 0 Å². The third-order valence-corrected chi connectivity index (χ3v) is 5.38. The topological polar surface area (TPSA) is 58.4 Å². The maximum absolute atomic E-state index is 13.5. The summed E-state index contributed by atoms with van der Waals surface area (Å²) in [6.45, 7) is 3.79. The van der Waals surface area contributed by atoms with Gasteiger partial charge in [-0.25, -0.2) is 9.37 Å². The van der Waals surface area contributed by atoms with Crippen molar-refractivity contribution in [1.82, 2.24) is 19.4 Å². The summed E-state index contributed by atoms with van der Waals surface area (Å²) in [5.41, 5.74) is 1.34. The van der Waals surface area contributed by atoms with Gasteiger partial charge in [0.05, 0.1) is 17.2 Å². The fraction of sp³-hybridized carbons (Fsp3) is 0.318. The van der Waals surface area contributed by atoms with Crippen LogP contribution in [0.15, 0.2) is 59.7 Å². The largest absolute Gasteiger partial charge is 0.339 e. The average molecular weight is 394 g/mol. The molecular weight excluding hydrogens is 371 g/mol. The molecule has 1 amide bonds. The molecule has 0 bridgehead atoms. The minimum absolute atomic E-state index is 0.0810. The summed E-state index contributed by atoms with van der Waals surface area (Å²) >= 11 is 0. The number of rotatable bonds is 5. The summed E-state index contributed by atoms with van der Waals surface area (Å²) < 4.78 is 14.7. The van der Waals surface area contributed by atoms with Crippen LogP contribution in [0.2, 0.25) is 0 Å². The molecule has 1 aromatic heterocycles. The lowest BCUT2D eigenvalue weighted by Gasteiger charge is -2.34. The molecule has 0 N–H and O–H groups in total. The Morgan fingerprint density at radius 2 is 1.79 bits per heavy atom. The molecule has 0 unspecified atom stereocenters. The van der Waals surface area contributed by atoms with Gasteiger partial charge in [0.1, 0.15) is 12.4 Å². The smallest absolute Gasteiger partial charge is 0.261 e. The molecule has 1 saturated heterocycles. The van der Waals surface area contributed by atoms with Crippen LogP contribution >= 0.6 is 0 Å². The Balaban J connectivity index is 1.34. The number of aromatic nitrogens is 2. The molecular formula is C22H23FN4O2. The fourth-order valence-electron chi connectivity index (χ4n) is 3.64. The number of amides is 1. The number of halogens is 1. The van der Waals surface area contributed by atoms with Crippen molar-refractivity contribution in [3.63, 3.8) is 0 Å². The van der Waals surface area contributed by atoms with Crippen LogP contribution in [-0.2, 0) is 17.8 Å². The standard InChI is InChI=1S/C22H23FN4O2/c23-18-6-7-20-19(14-18)22(29)27(16-24-20)15-21(28)26-12-10-25(11-13-26)9-8-17-4-2-1-3-5-17/h1-7,14,16H,8-13,15H2. The molecule has 29 heavy (non-hydrogen) atoms. The highest BCUT2D eigenvalue weighted by Crippen LogP contribution is 2.09. The van der Waals surface area contributed by atoms with Crippen molar-refractivity contribution in [3.8, 4) is 0 Å². The van der Waals surface area contributed by atoms with E-state index in [4.69, 9.17) is 0 Å². The maximum Gasteiger partial charge on any atom is 0.261 e. The molecule has 0 atom stereocenters. The van der Waals surface area contributed by atoms with E-state index in [1.165, 1.54) is 28.6 Å². The van der Waals surface area contributed by atoms with Gasteiger partial charge in [0, 0.05) is 32.7 Å². The zero-order valence-corrected chi connectivity index (χ0v) is 16.1. The summed E-state index contributed by atoms with van der Waals surface area (Å²) in [7, 11) is 0. The molecule has 0 aliphatic carbocycles. The second-order valence-corrected chi connectivity index (χ2v) is 7.30. The second kappa shape index (κ2) is 8.53. The molecule has 0 radical (unpaired) electrons. The first kappa shape index (κ1) is 19.3. The molecule has 3 aromatic rings. The molecule has 2 aromatic carbocycles. The first-order valence-electron chi connectivity index (χ1n) is 9.79. The SMILES string of the molecule is O=C(Cn1cnc2ccc(F)cc2c1=O)N1CCN(CCc2ccccc2)CC1. The highest BCUT2D eigenvalue weighted by Gasteiger charge is 2.21. The lowest BCUT2D eigenvalue weighted by Crippen LogP contribution is -2.50. The van der Waals surface area contributed by atoms with Crippen molar-refractivity contribution in [2.75, 3.05) is 32.7 Å². The summed E-state index contributed by atoms with van der Waals surface area (Å²) in [5, 5.41) is 0.186. The van der Waals surface area contributed by atoms with Crippen molar-refractivity contribution in [2.45, 2.75) is 13.0 Å². The van der Waals surface area contributed by atoms with Gasteiger partial charge in [-0.3, -0.25) is 19.1 Å². The molecule has 4 rings (SSSR count). The summed E-state index contributed by atoms with van der Waals surface area (Å²) in [5.74, 6) is -0.612. The van der Waals surface area contributed by atoms with Gasteiger partial charge < -0.3 is 4.90 Å². The molecule has 2 heterocycles. The minimum Gasteiger partial charge on any atom is -0.339 e. The summed E-state index contributed by atoms with van der Waals surface area (Å²) in [6, 6.07) is 14.3. The highest BCUT2D eigenvalue weighted by atomic mass is 19.1. The summed E-state index contributed by atoms with van der Waals surface area (Å²) in [6.07, 6.45) is 2.35. The zero-order chi connectivity index (χ0) is 20.2. The normalized spacial score (nSPS) is 15.0. The van der Waals surface area contributed by atoms with E-state index in [1.54, 1.807) is 4.90 Å². The molecule has 1 fully saturated rings. The number of carbonyl (C=O) groups is 1. The summed E-state index contributed by atoms with van der Waals surface area (Å²) in [4.78, 5) is 33.5. The lowest BCUT2D eigenvalue weighted by atomic mass is 10.1. The number of piperazine rings is 1. The van der Waals surface area contributed by atoms with Crippen LogP contribution in [-0.4, -0.2) is 58.0 Å². The predicted molar refractivity (Wildman–Crippen MR) is 109 cm³/mol. The van der Waals surface area contributed by atoms with Crippen LogP contribution in [0.4, 0.5) is 4.39 Å². The first-order valence-corrected chi connectivity index (χ1v) is 9.79. The Morgan fingerprint density at radius 3 is 2.55 bits per heavy atom. The van der Waals surface area contributed by atoms with Crippen LogP contribution in [0.5, 0.6) is 0 Å². The Hall–Kier alpha value is -3.06. The maximum atomic E-state index is 13.5. The monoisotopic (exact) mass is 394 g/mol. The Kier molecular flexibility index (Phi) is 5.67. The lowest BCUT2D eigenvalue weighted by molar-refractivity contribution is -0.133. The fourth-order valence-corrected chi connectivity index (χ4v) is 3.64. The van der Waals surface area contributed by atoms with Crippen molar-refractivity contribution in [2.24, 2.45) is 0 Å². The van der Waals surface area contributed by atoms with Gasteiger partial charge in [-0.05, 0) is 30.2 Å². The number of carbonyl (C=O) groups excluding carboxylic acids is 1. The molecule has 1 aliphatic rings. The quantitative estimate of drug-likeness (QED) is 0.664. The van der Waals surface area contributed by atoms with Gasteiger partial charge in [-0.2, -0.15) is 0 Å². The Bertz CT molecular complexity index is 1060.